The summed E-state index contributed by atoms with van der Waals surface area (Å²) in [5.41, 5.74) is 0. The molecule has 59 heavy (non-hydrogen) atoms. The first-order valence-electron chi connectivity index (χ1n) is 25.4. The van der Waals surface area contributed by atoms with Crippen molar-refractivity contribution in [1.29, 1.82) is 0 Å². The molecule has 6 nitrogen and oxygen atoms in total. The van der Waals surface area contributed by atoms with Crippen molar-refractivity contribution >= 4 is 11.9 Å². The standard InChI is InChI=1S/C53H97NO5/c1-3-5-7-9-11-13-15-16-20-24-27-31-35-39-43-47-53(58)59-48-44-40-36-32-28-25-22-19-17-18-21-23-26-30-34-38-42-46-52(57)54-50(49-55)51(56)45-41-37-33-29-14-12-10-8-6-4-2/h11,13,16-17,19-20,25,28,50-51,55-56H,3-10,12,14-15,18,21-24,26-27,29-49H2,1-2H3,(H,54,57)/b13-11-,19-17-,20-16-,28-25-. The van der Waals surface area contributed by atoms with Crippen LogP contribution in [0.2, 0.25) is 0 Å². The first-order chi connectivity index (χ1) is 29.0. The summed E-state index contributed by atoms with van der Waals surface area (Å²) in [5, 5.41) is 23.1. The number of ether oxygens (including phenoxy) is 1. The molecule has 1 amide bonds. The van der Waals surface area contributed by atoms with Crippen molar-refractivity contribution in [3.05, 3.63) is 48.6 Å². The van der Waals surface area contributed by atoms with Crippen LogP contribution in [0.25, 0.3) is 0 Å². The Morgan fingerprint density at radius 2 is 0.847 bits per heavy atom. The Kier molecular flexibility index (Phi) is 46.7. The van der Waals surface area contributed by atoms with E-state index in [-0.39, 0.29) is 18.5 Å². The van der Waals surface area contributed by atoms with Gasteiger partial charge in [-0.1, -0.05) is 191 Å². The molecule has 2 unspecified atom stereocenters. The van der Waals surface area contributed by atoms with Gasteiger partial charge < -0.3 is 20.3 Å². The lowest BCUT2D eigenvalue weighted by Gasteiger charge is -2.22. The second-order valence-corrected chi connectivity index (χ2v) is 17.1. The predicted molar refractivity (Wildman–Crippen MR) is 255 cm³/mol. The van der Waals surface area contributed by atoms with Gasteiger partial charge in [-0.2, -0.15) is 0 Å². The lowest BCUT2D eigenvalue weighted by Crippen LogP contribution is -2.45. The van der Waals surface area contributed by atoms with Gasteiger partial charge in [0.2, 0.25) is 5.91 Å². The second-order valence-electron chi connectivity index (χ2n) is 17.1. The summed E-state index contributed by atoms with van der Waals surface area (Å²) in [6.07, 6.45) is 59.4. The number of unbranched alkanes of at least 4 members (excludes halogenated alkanes) is 27. The van der Waals surface area contributed by atoms with Crippen LogP contribution in [0, 0.1) is 0 Å². The Balaban J connectivity index is 3.51. The van der Waals surface area contributed by atoms with Crippen LogP contribution < -0.4 is 5.32 Å². The highest BCUT2D eigenvalue weighted by Crippen LogP contribution is 2.15. The van der Waals surface area contributed by atoms with E-state index in [1.807, 2.05) is 0 Å². The molecule has 0 heterocycles. The third-order valence-electron chi connectivity index (χ3n) is 11.4. The zero-order chi connectivity index (χ0) is 43.0. The zero-order valence-corrected chi connectivity index (χ0v) is 39.0. The molecule has 2 atom stereocenters. The number of aliphatic hydroxyl groups is 2. The van der Waals surface area contributed by atoms with Crippen LogP contribution in [-0.2, 0) is 14.3 Å². The van der Waals surface area contributed by atoms with Crippen molar-refractivity contribution in [1.82, 2.24) is 5.32 Å². The van der Waals surface area contributed by atoms with E-state index in [0.717, 1.165) is 96.3 Å². The van der Waals surface area contributed by atoms with Gasteiger partial charge in [-0.05, 0) is 96.3 Å². The van der Waals surface area contributed by atoms with E-state index in [1.54, 1.807) is 0 Å². The van der Waals surface area contributed by atoms with Crippen molar-refractivity contribution in [3.63, 3.8) is 0 Å². The van der Waals surface area contributed by atoms with Crippen LogP contribution in [0.4, 0.5) is 0 Å². The molecule has 0 saturated heterocycles. The second kappa shape index (κ2) is 48.5. The van der Waals surface area contributed by atoms with Gasteiger partial charge in [-0.15, -0.1) is 0 Å². The molecule has 3 N–H and O–H groups in total. The molecule has 6 heteroatoms. The Labute approximate surface area is 366 Å². The van der Waals surface area contributed by atoms with Gasteiger partial charge in [0.25, 0.3) is 0 Å². The SMILES string of the molecule is CCCCC/C=C\C/C=C\CCCCCCCC(=O)OCCCCC/C=C\C/C=C\CCCCCCCCCC(=O)NC(CO)C(O)CCCCCCCCCCCC. The zero-order valence-electron chi connectivity index (χ0n) is 39.0. The lowest BCUT2D eigenvalue weighted by molar-refractivity contribution is -0.143. The molecule has 0 aromatic heterocycles. The van der Waals surface area contributed by atoms with Gasteiger partial charge in [-0.25, -0.2) is 0 Å². The molecule has 0 bridgehead atoms. The van der Waals surface area contributed by atoms with Crippen LogP contribution >= 0.6 is 0 Å². The van der Waals surface area contributed by atoms with E-state index in [1.165, 1.54) is 122 Å². The lowest BCUT2D eigenvalue weighted by atomic mass is 10.0. The van der Waals surface area contributed by atoms with Crippen LogP contribution in [-0.4, -0.2) is 47.4 Å². The molecule has 0 aliphatic carbocycles. The van der Waals surface area contributed by atoms with E-state index in [9.17, 15) is 19.8 Å². The Morgan fingerprint density at radius 1 is 0.475 bits per heavy atom. The van der Waals surface area contributed by atoms with E-state index >= 15 is 0 Å². The number of carbonyl (C=O) groups is 2. The number of hydrogen-bond donors (Lipinski definition) is 3. The van der Waals surface area contributed by atoms with Gasteiger partial charge in [-0.3, -0.25) is 9.59 Å². The smallest absolute Gasteiger partial charge is 0.305 e. The highest BCUT2D eigenvalue weighted by molar-refractivity contribution is 5.76. The summed E-state index contributed by atoms with van der Waals surface area (Å²) in [7, 11) is 0. The fraction of sp³-hybridized carbons (Fsp3) is 0.811. The fourth-order valence-electron chi connectivity index (χ4n) is 7.40. The van der Waals surface area contributed by atoms with Crippen molar-refractivity contribution < 1.29 is 24.5 Å². The topological polar surface area (TPSA) is 95.9 Å². The van der Waals surface area contributed by atoms with Crippen LogP contribution in [0.5, 0.6) is 0 Å². The largest absolute Gasteiger partial charge is 0.466 e. The maximum atomic E-state index is 12.4. The Hall–Kier alpha value is -2.18. The molecule has 0 saturated carbocycles. The fourth-order valence-corrected chi connectivity index (χ4v) is 7.40. The molecule has 0 radical (unpaired) electrons. The van der Waals surface area contributed by atoms with Gasteiger partial charge in [0.1, 0.15) is 0 Å². The summed E-state index contributed by atoms with van der Waals surface area (Å²) in [6, 6.07) is -0.553. The molecule has 0 aromatic rings. The van der Waals surface area contributed by atoms with Gasteiger partial charge in [0, 0.05) is 12.8 Å². The monoisotopic (exact) mass is 828 g/mol. The minimum absolute atomic E-state index is 0.0306. The molecular formula is C53H97NO5. The van der Waals surface area contributed by atoms with Crippen molar-refractivity contribution in [2.75, 3.05) is 13.2 Å². The maximum Gasteiger partial charge on any atom is 0.305 e. The molecule has 344 valence electrons. The number of nitrogens with one attached hydrogen (secondary N) is 1. The van der Waals surface area contributed by atoms with Gasteiger partial charge in [0.05, 0.1) is 25.4 Å². The number of rotatable bonds is 46. The average Bonchev–Trinajstić information content (AvgIpc) is 3.24. The van der Waals surface area contributed by atoms with Crippen molar-refractivity contribution in [3.8, 4) is 0 Å². The van der Waals surface area contributed by atoms with E-state index < -0.39 is 12.1 Å². The number of allylic oxidation sites excluding steroid dienone is 8. The van der Waals surface area contributed by atoms with Crippen molar-refractivity contribution in [2.24, 2.45) is 0 Å². The quantitative estimate of drug-likeness (QED) is 0.0323. The molecule has 0 fully saturated rings. The summed E-state index contributed by atoms with van der Waals surface area (Å²) in [4.78, 5) is 24.4. The third kappa shape index (κ3) is 45.2. The summed E-state index contributed by atoms with van der Waals surface area (Å²) in [6.45, 7) is 4.84. The third-order valence-corrected chi connectivity index (χ3v) is 11.4. The number of carbonyl (C=O) groups excluding carboxylic acids is 2. The highest BCUT2D eigenvalue weighted by atomic mass is 16.5. The van der Waals surface area contributed by atoms with E-state index in [0.29, 0.717) is 25.9 Å². The van der Waals surface area contributed by atoms with Crippen LogP contribution in [0.3, 0.4) is 0 Å². The Bertz CT molecular complexity index is 1000. The van der Waals surface area contributed by atoms with E-state index in [2.05, 4.69) is 67.8 Å². The van der Waals surface area contributed by atoms with Crippen LogP contribution in [0.15, 0.2) is 48.6 Å². The van der Waals surface area contributed by atoms with Gasteiger partial charge >= 0.3 is 5.97 Å². The molecular weight excluding hydrogens is 731 g/mol. The molecule has 0 aromatic carbocycles. The average molecular weight is 828 g/mol. The van der Waals surface area contributed by atoms with E-state index in [4.69, 9.17) is 4.74 Å². The number of aliphatic hydroxyl groups excluding tert-OH is 2. The number of hydrogen-bond acceptors (Lipinski definition) is 5. The first-order valence-corrected chi connectivity index (χ1v) is 25.4. The maximum absolute atomic E-state index is 12.4. The highest BCUT2D eigenvalue weighted by Gasteiger charge is 2.20. The predicted octanol–water partition coefficient (Wildman–Crippen LogP) is 15.1. The molecule has 0 spiro atoms. The number of amides is 1. The molecule has 0 aliphatic rings. The van der Waals surface area contributed by atoms with Gasteiger partial charge in [0.15, 0.2) is 0 Å². The summed E-state index contributed by atoms with van der Waals surface area (Å²) in [5.74, 6) is -0.0855. The number of esters is 1. The molecule has 0 aliphatic heterocycles. The summed E-state index contributed by atoms with van der Waals surface area (Å²) >= 11 is 0. The minimum atomic E-state index is -0.674. The summed E-state index contributed by atoms with van der Waals surface area (Å²) < 4.78 is 5.43. The first kappa shape index (κ1) is 56.8. The normalized spacial score (nSPS) is 13.1. The van der Waals surface area contributed by atoms with Crippen molar-refractivity contribution in [2.45, 2.75) is 264 Å². The minimum Gasteiger partial charge on any atom is -0.466 e. The van der Waals surface area contributed by atoms with Crippen LogP contribution in [0.1, 0.15) is 251 Å². The molecule has 0 rings (SSSR count). The Morgan fingerprint density at radius 3 is 1.32 bits per heavy atom.